The fraction of sp³-hybridized carbons (Fsp3) is 0.778. The Morgan fingerprint density at radius 2 is 1.64 bits per heavy atom. The van der Waals surface area contributed by atoms with Crippen molar-refractivity contribution >= 4 is 0 Å². The number of hydrogen-bond acceptors (Lipinski definition) is 2. The molecule has 0 heterocycles. The third-order valence-electron chi connectivity index (χ3n) is 2.38. The summed E-state index contributed by atoms with van der Waals surface area (Å²) in [7, 11) is 0. The maximum Gasteiger partial charge on any atom is 0.0156 e. The van der Waals surface area contributed by atoms with Crippen LogP contribution in [-0.2, 0) is 0 Å². The van der Waals surface area contributed by atoms with Crippen LogP contribution in [0.15, 0.2) is 11.3 Å². The van der Waals surface area contributed by atoms with E-state index < -0.39 is 0 Å². The van der Waals surface area contributed by atoms with Gasteiger partial charge in [0.1, 0.15) is 0 Å². The van der Waals surface area contributed by atoms with Gasteiger partial charge >= 0.3 is 0 Å². The second-order valence-electron chi connectivity index (χ2n) is 3.25. The molecule has 0 aromatic carbocycles. The summed E-state index contributed by atoms with van der Waals surface area (Å²) in [5.41, 5.74) is 13.8. The molecule has 0 saturated heterocycles. The molecule has 2 heteroatoms. The second-order valence-corrected chi connectivity index (χ2v) is 3.25. The van der Waals surface area contributed by atoms with Crippen LogP contribution in [0.4, 0.5) is 0 Å². The maximum atomic E-state index is 5.86. The molecule has 1 aliphatic carbocycles. The van der Waals surface area contributed by atoms with Gasteiger partial charge in [-0.25, -0.2) is 0 Å². The molecule has 0 radical (unpaired) electrons. The maximum absolute atomic E-state index is 5.86. The number of rotatable bonds is 1. The molecule has 1 rings (SSSR count). The van der Waals surface area contributed by atoms with Crippen molar-refractivity contribution in [3.8, 4) is 0 Å². The standard InChI is InChI=1S/C9H18N2/c10-7-8-5-3-1-2-4-6-9(8)11/h1-7,10-11H2/b9-8-. The molecule has 0 atom stereocenters. The van der Waals surface area contributed by atoms with Gasteiger partial charge in [-0.05, 0) is 31.3 Å². The van der Waals surface area contributed by atoms with Crippen molar-refractivity contribution in [2.24, 2.45) is 11.5 Å². The van der Waals surface area contributed by atoms with Crippen molar-refractivity contribution in [1.29, 1.82) is 0 Å². The fourth-order valence-corrected chi connectivity index (χ4v) is 1.58. The minimum Gasteiger partial charge on any atom is -0.402 e. The SMILES string of the molecule is NC/C1=C(\N)CCCCCC1. The summed E-state index contributed by atoms with van der Waals surface area (Å²) in [4.78, 5) is 0. The zero-order valence-corrected chi connectivity index (χ0v) is 7.10. The molecule has 1 aliphatic rings. The first-order valence-corrected chi connectivity index (χ1v) is 4.51. The minimum absolute atomic E-state index is 0.659. The molecule has 4 N–H and O–H groups in total. The summed E-state index contributed by atoms with van der Waals surface area (Å²) < 4.78 is 0. The van der Waals surface area contributed by atoms with Crippen LogP contribution >= 0.6 is 0 Å². The predicted octanol–water partition coefficient (Wildman–Crippen LogP) is 1.51. The molecule has 2 nitrogen and oxygen atoms in total. The summed E-state index contributed by atoms with van der Waals surface area (Å²) >= 11 is 0. The zero-order valence-electron chi connectivity index (χ0n) is 7.10. The summed E-state index contributed by atoms with van der Waals surface area (Å²) in [5, 5.41) is 0. The first-order valence-electron chi connectivity index (χ1n) is 4.51. The third kappa shape index (κ3) is 2.54. The Labute approximate surface area is 68.6 Å². The molecular weight excluding hydrogens is 136 g/mol. The van der Waals surface area contributed by atoms with Gasteiger partial charge in [0, 0.05) is 12.2 Å². The summed E-state index contributed by atoms with van der Waals surface area (Å²) in [6.07, 6.45) is 7.38. The van der Waals surface area contributed by atoms with Crippen LogP contribution in [0.25, 0.3) is 0 Å². The molecule has 11 heavy (non-hydrogen) atoms. The van der Waals surface area contributed by atoms with Crippen molar-refractivity contribution in [3.05, 3.63) is 11.3 Å². The van der Waals surface area contributed by atoms with Crippen LogP contribution in [0.2, 0.25) is 0 Å². The Morgan fingerprint density at radius 1 is 1.00 bits per heavy atom. The minimum atomic E-state index is 0.659. The first kappa shape index (κ1) is 8.60. The van der Waals surface area contributed by atoms with E-state index in [-0.39, 0.29) is 0 Å². The average molecular weight is 154 g/mol. The Hall–Kier alpha value is -0.500. The van der Waals surface area contributed by atoms with E-state index in [0.717, 1.165) is 18.5 Å². The van der Waals surface area contributed by atoms with Crippen molar-refractivity contribution in [1.82, 2.24) is 0 Å². The number of nitrogens with two attached hydrogens (primary N) is 2. The van der Waals surface area contributed by atoms with E-state index >= 15 is 0 Å². The number of hydrogen-bond donors (Lipinski definition) is 2. The van der Waals surface area contributed by atoms with Crippen LogP contribution < -0.4 is 11.5 Å². The highest BCUT2D eigenvalue weighted by Gasteiger charge is 2.05. The monoisotopic (exact) mass is 154 g/mol. The topological polar surface area (TPSA) is 52.0 Å². The van der Waals surface area contributed by atoms with Gasteiger partial charge in [0.15, 0.2) is 0 Å². The Kier molecular flexibility index (Phi) is 3.43. The van der Waals surface area contributed by atoms with Crippen LogP contribution in [0.5, 0.6) is 0 Å². The van der Waals surface area contributed by atoms with E-state index in [2.05, 4.69) is 0 Å². The van der Waals surface area contributed by atoms with Gasteiger partial charge in [-0.2, -0.15) is 0 Å². The molecule has 0 unspecified atom stereocenters. The van der Waals surface area contributed by atoms with Crippen molar-refractivity contribution < 1.29 is 0 Å². The van der Waals surface area contributed by atoms with Crippen LogP contribution in [0.1, 0.15) is 38.5 Å². The Morgan fingerprint density at radius 3 is 2.27 bits per heavy atom. The molecule has 0 bridgehead atoms. The normalized spacial score (nSPS) is 27.7. The van der Waals surface area contributed by atoms with Gasteiger partial charge in [-0.3, -0.25) is 0 Å². The van der Waals surface area contributed by atoms with E-state index in [4.69, 9.17) is 11.5 Å². The first-order chi connectivity index (χ1) is 5.34. The highest BCUT2D eigenvalue weighted by molar-refractivity contribution is 5.12. The molecular formula is C9H18N2. The van der Waals surface area contributed by atoms with Crippen molar-refractivity contribution in [3.63, 3.8) is 0 Å². The van der Waals surface area contributed by atoms with E-state index in [0.29, 0.717) is 6.54 Å². The predicted molar refractivity (Wildman–Crippen MR) is 48.0 cm³/mol. The molecule has 0 aromatic heterocycles. The summed E-state index contributed by atoms with van der Waals surface area (Å²) in [6, 6.07) is 0. The molecule has 0 aliphatic heterocycles. The van der Waals surface area contributed by atoms with Gasteiger partial charge < -0.3 is 11.5 Å². The lowest BCUT2D eigenvalue weighted by atomic mass is 9.98. The molecule has 0 spiro atoms. The van der Waals surface area contributed by atoms with Crippen LogP contribution in [-0.4, -0.2) is 6.54 Å². The quantitative estimate of drug-likeness (QED) is 0.601. The van der Waals surface area contributed by atoms with E-state index in [9.17, 15) is 0 Å². The Bertz CT molecular complexity index is 150. The fourth-order valence-electron chi connectivity index (χ4n) is 1.58. The van der Waals surface area contributed by atoms with Crippen molar-refractivity contribution in [2.45, 2.75) is 38.5 Å². The summed E-state index contributed by atoms with van der Waals surface area (Å²) in [6.45, 7) is 0.659. The molecule has 0 aromatic rings. The van der Waals surface area contributed by atoms with E-state index in [1.165, 1.54) is 31.3 Å². The lowest BCUT2D eigenvalue weighted by Crippen LogP contribution is -2.12. The van der Waals surface area contributed by atoms with E-state index in [1.807, 2.05) is 0 Å². The van der Waals surface area contributed by atoms with Gasteiger partial charge in [0.2, 0.25) is 0 Å². The van der Waals surface area contributed by atoms with Gasteiger partial charge in [-0.1, -0.05) is 12.8 Å². The zero-order chi connectivity index (χ0) is 8.10. The second kappa shape index (κ2) is 4.39. The molecule has 0 fully saturated rings. The largest absolute Gasteiger partial charge is 0.402 e. The lowest BCUT2D eigenvalue weighted by molar-refractivity contribution is 0.604. The molecule has 0 saturated carbocycles. The van der Waals surface area contributed by atoms with Gasteiger partial charge in [0.05, 0.1) is 0 Å². The average Bonchev–Trinajstić information content (AvgIpc) is 1.98. The molecule has 0 amide bonds. The Balaban J connectivity index is 2.56. The third-order valence-corrected chi connectivity index (χ3v) is 2.38. The molecule has 64 valence electrons. The smallest absolute Gasteiger partial charge is 0.0156 e. The van der Waals surface area contributed by atoms with E-state index in [1.54, 1.807) is 0 Å². The van der Waals surface area contributed by atoms with Gasteiger partial charge in [-0.15, -0.1) is 0 Å². The van der Waals surface area contributed by atoms with Crippen molar-refractivity contribution in [2.75, 3.05) is 6.54 Å². The van der Waals surface area contributed by atoms with Crippen LogP contribution in [0, 0.1) is 0 Å². The number of allylic oxidation sites excluding steroid dienone is 1. The lowest BCUT2D eigenvalue weighted by Gasteiger charge is -2.13. The highest BCUT2D eigenvalue weighted by Crippen LogP contribution is 2.18. The summed E-state index contributed by atoms with van der Waals surface area (Å²) in [5.74, 6) is 0. The van der Waals surface area contributed by atoms with Gasteiger partial charge in [0.25, 0.3) is 0 Å². The van der Waals surface area contributed by atoms with Crippen LogP contribution in [0.3, 0.4) is 0 Å². The highest BCUT2D eigenvalue weighted by atomic mass is 14.6.